The predicted octanol–water partition coefficient (Wildman–Crippen LogP) is 22.3. The number of hydrogen-bond acceptors (Lipinski definition) is 5. The Hall–Kier alpha value is -1.92. The lowest BCUT2D eigenvalue weighted by atomic mass is 10.0. The number of allylic oxidation sites excluding steroid dienone is 5. The average molecular weight is 1080 g/mol. The van der Waals surface area contributed by atoms with Gasteiger partial charge >= 0.3 is 5.97 Å². The molecule has 0 spiro atoms. The molecule has 2 unspecified atom stereocenters. The number of ether oxygens (including phenoxy) is 1. The third-order valence-corrected chi connectivity index (χ3v) is 16.2. The van der Waals surface area contributed by atoms with E-state index in [1.54, 1.807) is 6.08 Å². The second kappa shape index (κ2) is 66.6. The van der Waals surface area contributed by atoms with Crippen molar-refractivity contribution in [3.8, 4) is 0 Å². The summed E-state index contributed by atoms with van der Waals surface area (Å²) in [4.78, 5) is 24.6. The SMILES string of the molecule is CCCCCCCCCCCCCCCC/C=C/C(O)C(CO)NC(=O)CCCCCCCCCCC/C=C\C/C=C\CCCCCCCCCCCOC(=O)CCCCCCCCCCCCCCCCCCCCC. The molecular formula is C71H135NO5. The molecule has 0 aromatic rings. The first-order valence-corrected chi connectivity index (χ1v) is 34.8. The average Bonchev–Trinajstić information content (AvgIpc) is 3.43. The Kier molecular flexibility index (Phi) is 64.9. The lowest BCUT2D eigenvalue weighted by Crippen LogP contribution is -2.45. The van der Waals surface area contributed by atoms with Gasteiger partial charge in [0.15, 0.2) is 0 Å². The zero-order chi connectivity index (χ0) is 55.7. The van der Waals surface area contributed by atoms with Crippen LogP contribution in [0.4, 0.5) is 0 Å². The van der Waals surface area contributed by atoms with Gasteiger partial charge in [0.25, 0.3) is 0 Å². The second-order valence-electron chi connectivity index (χ2n) is 23.9. The summed E-state index contributed by atoms with van der Waals surface area (Å²) >= 11 is 0. The van der Waals surface area contributed by atoms with Gasteiger partial charge in [0, 0.05) is 12.8 Å². The van der Waals surface area contributed by atoms with E-state index in [2.05, 4.69) is 43.5 Å². The largest absolute Gasteiger partial charge is 0.466 e. The van der Waals surface area contributed by atoms with E-state index >= 15 is 0 Å². The zero-order valence-corrected chi connectivity index (χ0v) is 52.0. The Labute approximate surface area is 481 Å². The van der Waals surface area contributed by atoms with Crippen molar-refractivity contribution in [3.05, 3.63) is 36.5 Å². The van der Waals surface area contributed by atoms with Crippen LogP contribution in [-0.4, -0.2) is 47.4 Å². The molecule has 0 saturated heterocycles. The number of unbranched alkanes of at least 4 members (excludes halogenated alkanes) is 50. The molecule has 0 rings (SSSR count). The van der Waals surface area contributed by atoms with Gasteiger partial charge in [-0.1, -0.05) is 339 Å². The molecule has 0 saturated carbocycles. The molecule has 0 aromatic carbocycles. The monoisotopic (exact) mass is 1080 g/mol. The molecule has 0 aliphatic heterocycles. The second-order valence-corrected chi connectivity index (χ2v) is 23.9. The number of aliphatic hydroxyl groups excluding tert-OH is 2. The van der Waals surface area contributed by atoms with Crippen molar-refractivity contribution in [2.75, 3.05) is 13.2 Å². The summed E-state index contributed by atoms with van der Waals surface area (Å²) in [6, 6.07) is -0.633. The number of rotatable bonds is 65. The van der Waals surface area contributed by atoms with Crippen LogP contribution in [-0.2, 0) is 14.3 Å². The summed E-state index contributed by atoms with van der Waals surface area (Å²) in [5, 5.41) is 23.2. The van der Waals surface area contributed by atoms with E-state index in [4.69, 9.17) is 4.74 Å². The van der Waals surface area contributed by atoms with E-state index in [1.807, 2.05) is 6.08 Å². The van der Waals surface area contributed by atoms with Crippen molar-refractivity contribution < 1.29 is 24.5 Å². The first-order chi connectivity index (χ1) is 38.0. The summed E-state index contributed by atoms with van der Waals surface area (Å²) in [5.74, 6) is -0.0583. The number of carbonyl (C=O) groups excluding carboxylic acids is 2. The summed E-state index contributed by atoms with van der Waals surface area (Å²) in [6.07, 6.45) is 85.0. The molecule has 1 amide bonds. The maximum Gasteiger partial charge on any atom is 0.305 e. The third-order valence-electron chi connectivity index (χ3n) is 16.2. The summed E-state index contributed by atoms with van der Waals surface area (Å²) < 4.78 is 5.51. The normalized spacial score (nSPS) is 12.7. The topological polar surface area (TPSA) is 95.9 Å². The van der Waals surface area contributed by atoms with Gasteiger partial charge in [0.2, 0.25) is 5.91 Å². The van der Waals surface area contributed by atoms with Crippen molar-refractivity contribution in [1.82, 2.24) is 5.32 Å². The van der Waals surface area contributed by atoms with E-state index < -0.39 is 12.1 Å². The van der Waals surface area contributed by atoms with Crippen LogP contribution in [0.3, 0.4) is 0 Å². The molecule has 0 bridgehead atoms. The van der Waals surface area contributed by atoms with Crippen LogP contribution in [0.1, 0.15) is 380 Å². The molecule has 0 heterocycles. The quantitative estimate of drug-likeness (QED) is 0.0320. The minimum Gasteiger partial charge on any atom is -0.466 e. The lowest BCUT2D eigenvalue weighted by molar-refractivity contribution is -0.143. The van der Waals surface area contributed by atoms with Crippen molar-refractivity contribution in [2.24, 2.45) is 0 Å². The Morgan fingerprint density at radius 1 is 0.364 bits per heavy atom. The number of aliphatic hydroxyl groups is 2. The van der Waals surface area contributed by atoms with E-state index in [9.17, 15) is 19.8 Å². The first-order valence-electron chi connectivity index (χ1n) is 34.8. The molecule has 0 aliphatic rings. The Morgan fingerprint density at radius 3 is 0.987 bits per heavy atom. The minimum absolute atomic E-state index is 0.0138. The first kappa shape index (κ1) is 75.1. The van der Waals surface area contributed by atoms with Crippen molar-refractivity contribution in [3.63, 3.8) is 0 Å². The van der Waals surface area contributed by atoms with Crippen LogP contribution >= 0.6 is 0 Å². The van der Waals surface area contributed by atoms with Crippen LogP contribution in [0, 0.1) is 0 Å². The predicted molar refractivity (Wildman–Crippen MR) is 338 cm³/mol. The van der Waals surface area contributed by atoms with Gasteiger partial charge in [-0.2, -0.15) is 0 Å². The van der Waals surface area contributed by atoms with Crippen LogP contribution in [0.25, 0.3) is 0 Å². The standard InChI is InChI=1S/C71H135NO5/c1-3-5-7-9-11-13-15-17-19-21-29-33-37-41-45-49-53-57-61-65-71(76)77-66-62-58-54-50-46-42-38-34-31-28-26-24-22-23-25-27-30-32-36-40-44-48-52-56-60-64-70(75)72-68(67-73)69(74)63-59-55-51-47-43-39-35-20-18-16-14-12-10-8-6-4-2/h23-26,59,63,68-69,73-74H,3-22,27-58,60-62,64-67H2,1-2H3,(H,72,75)/b25-23-,26-24-,63-59+. The minimum atomic E-state index is -0.849. The Bertz CT molecular complexity index is 1250. The molecule has 0 radical (unpaired) electrons. The van der Waals surface area contributed by atoms with Gasteiger partial charge in [-0.05, 0) is 64.2 Å². The highest BCUT2D eigenvalue weighted by Crippen LogP contribution is 2.18. The van der Waals surface area contributed by atoms with Gasteiger partial charge in [0.05, 0.1) is 25.4 Å². The maximum atomic E-state index is 12.5. The van der Waals surface area contributed by atoms with Gasteiger partial charge in [-0.3, -0.25) is 9.59 Å². The van der Waals surface area contributed by atoms with Gasteiger partial charge < -0.3 is 20.3 Å². The number of hydrogen-bond donors (Lipinski definition) is 3. The number of amides is 1. The van der Waals surface area contributed by atoms with E-state index in [-0.39, 0.29) is 18.5 Å². The van der Waals surface area contributed by atoms with Gasteiger partial charge in [-0.15, -0.1) is 0 Å². The van der Waals surface area contributed by atoms with Crippen LogP contribution in [0.2, 0.25) is 0 Å². The van der Waals surface area contributed by atoms with Gasteiger partial charge in [-0.25, -0.2) is 0 Å². The molecular weight excluding hydrogens is 947 g/mol. The molecule has 2 atom stereocenters. The molecule has 3 N–H and O–H groups in total. The molecule has 454 valence electrons. The lowest BCUT2D eigenvalue weighted by Gasteiger charge is -2.20. The fourth-order valence-electron chi connectivity index (χ4n) is 10.8. The highest BCUT2D eigenvalue weighted by Gasteiger charge is 2.18. The molecule has 6 heteroatoms. The zero-order valence-electron chi connectivity index (χ0n) is 52.0. The van der Waals surface area contributed by atoms with Gasteiger partial charge in [0.1, 0.15) is 0 Å². The summed E-state index contributed by atoms with van der Waals surface area (Å²) in [6.45, 7) is 4.93. The van der Waals surface area contributed by atoms with Crippen LogP contribution in [0.15, 0.2) is 36.5 Å². The van der Waals surface area contributed by atoms with Crippen molar-refractivity contribution in [2.45, 2.75) is 392 Å². The summed E-state index contributed by atoms with van der Waals surface area (Å²) in [7, 11) is 0. The summed E-state index contributed by atoms with van der Waals surface area (Å²) in [5.41, 5.74) is 0. The molecule has 0 aliphatic carbocycles. The third kappa shape index (κ3) is 63.1. The van der Waals surface area contributed by atoms with E-state index in [0.29, 0.717) is 19.4 Å². The molecule has 0 fully saturated rings. The molecule has 77 heavy (non-hydrogen) atoms. The van der Waals surface area contributed by atoms with Crippen molar-refractivity contribution in [1.29, 1.82) is 0 Å². The smallest absolute Gasteiger partial charge is 0.305 e. The molecule has 6 nitrogen and oxygen atoms in total. The van der Waals surface area contributed by atoms with Crippen molar-refractivity contribution >= 4 is 11.9 Å². The Morgan fingerprint density at radius 2 is 0.649 bits per heavy atom. The fourth-order valence-corrected chi connectivity index (χ4v) is 10.8. The fraction of sp³-hybridized carbons (Fsp3) is 0.887. The highest BCUT2D eigenvalue weighted by molar-refractivity contribution is 5.76. The number of carbonyl (C=O) groups is 2. The van der Waals surface area contributed by atoms with E-state index in [0.717, 1.165) is 44.9 Å². The maximum absolute atomic E-state index is 12.5. The number of esters is 1. The van der Waals surface area contributed by atoms with Crippen LogP contribution in [0.5, 0.6) is 0 Å². The highest BCUT2D eigenvalue weighted by atomic mass is 16.5. The Balaban J connectivity index is 3.42. The van der Waals surface area contributed by atoms with Crippen LogP contribution < -0.4 is 5.32 Å². The van der Waals surface area contributed by atoms with E-state index in [1.165, 1.54) is 308 Å². The molecule has 0 aromatic heterocycles. The number of nitrogens with one attached hydrogen (secondary N) is 1.